The van der Waals surface area contributed by atoms with Crippen LogP contribution >= 0.6 is 0 Å². The average Bonchev–Trinajstić information content (AvgIpc) is 3.43. The number of nitrogens with zero attached hydrogens (tertiary/aromatic N) is 3. The molecule has 2 aromatic carbocycles. The summed E-state index contributed by atoms with van der Waals surface area (Å²) in [5.74, 6) is 0.431. The van der Waals surface area contributed by atoms with Gasteiger partial charge in [-0.25, -0.2) is 0 Å². The van der Waals surface area contributed by atoms with Crippen molar-refractivity contribution in [3.63, 3.8) is 0 Å². The minimum atomic E-state index is -1.45. The number of aliphatic hydroxyl groups is 4. The molecule has 2 aliphatic heterocycles. The van der Waals surface area contributed by atoms with Crippen LogP contribution in [0, 0.1) is 12.8 Å². The van der Waals surface area contributed by atoms with E-state index in [1.165, 1.54) is 0 Å². The Hall–Kier alpha value is -3.32. The van der Waals surface area contributed by atoms with Crippen molar-refractivity contribution in [3.05, 3.63) is 70.9 Å². The van der Waals surface area contributed by atoms with Crippen LogP contribution in [0.3, 0.4) is 0 Å². The Morgan fingerprint density at radius 3 is 2.29 bits per heavy atom. The molecule has 0 spiro atoms. The highest BCUT2D eigenvalue weighted by Crippen LogP contribution is 2.38. The molecule has 0 radical (unpaired) electrons. The van der Waals surface area contributed by atoms with Crippen LogP contribution in [0.15, 0.2) is 48.7 Å². The lowest BCUT2D eigenvalue weighted by atomic mass is 9.91. The topological polar surface area (TPSA) is 148 Å². The minimum absolute atomic E-state index is 0.0355. The summed E-state index contributed by atoms with van der Waals surface area (Å²) in [6.07, 6.45) is -2.50. The van der Waals surface area contributed by atoms with Gasteiger partial charge in [-0.1, -0.05) is 56.3 Å². The molecule has 2 fully saturated rings. The zero-order chi connectivity index (χ0) is 35.5. The summed E-state index contributed by atoms with van der Waals surface area (Å²) in [5, 5.41) is 45.1. The number of aromatic nitrogens is 1. The highest BCUT2D eigenvalue weighted by atomic mass is 16.5. The van der Waals surface area contributed by atoms with Gasteiger partial charge < -0.3 is 39.9 Å². The summed E-state index contributed by atoms with van der Waals surface area (Å²) < 4.78 is 8.00. The highest BCUT2D eigenvalue weighted by Gasteiger charge is 2.45. The van der Waals surface area contributed by atoms with Crippen molar-refractivity contribution in [3.8, 4) is 0 Å². The van der Waals surface area contributed by atoms with Gasteiger partial charge in [0.15, 0.2) is 0 Å². The molecule has 268 valence electrons. The number of carbonyl (C=O) groups is 2. The minimum Gasteiger partial charge on any atom is -0.394 e. The van der Waals surface area contributed by atoms with E-state index in [0.29, 0.717) is 44.0 Å². The van der Waals surface area contributed by atoms with Crippen molar-refractivity contribution >= 4 is 22.7 Å². The molecule has 3 aromatic rings. The fraction of sp³-hybridized carbons (Fsp3) is 0.579. The van der Waals surface area contributed by atoms with E-state index >= 15 is 0 Å². The molecule has 3 heterocycles. The number of amides is 2. The van der Waals surface area contributed by atoms with Gasteiger partial charge in [0.25, 0.3) is 0 Å². The Morgan fingerprint density at radius 2 is 1.63 bits per heavy atom. The number of hydrogen-bond acceptors (Lipinski definition) is 8. The normalized spacial score (nSPS) is 23.7. The van der Waals surface area contributed by atoms with Crippen LogP contribution in [0.5, 0.6) is 0 Å². The zero-order valence-electron chi connectivity index (χ0n) is 29.5. The first-order valence-electron chi connectivity index (χ1n) is 17.6. The van der Waals surface area contributed by atoms with E-state index in [1.807, 2.05) is 36.2 Å². The van der Waals surface area contributed by atoms with E-state index in [9.17, 15) is 30.0 Å². The Kier molecular flexibility index (Phi) is 11.8. The number of para-hydroxylation sites is 1. The number of fused-ring (bicyclic) bond motifs is 1. The number of benzene rings is 2. The molecule has 2 aliphatic rings. The second-order valence-electron chi connectivity index (χ2n) is 14.8. The van der Waals surface area contributed by atoms with E-state index < -0.39 is 42.7 Å². The number of rotatable bonds is 12. The predicted molar refractivity (Wildman–Crippen MR) is 188 cm³/mol. The Labute approximate surface area is 289 Å². The van der Waals surface area contributed by atoms with E-state index in [-0.39, 0.29) is 11.8 Å². The maximum absolute atomic E-state index is 13.2. The first kappa shape index (κ1) is 36.9. The molecular weight excluding hydrogens is 624 g/mol. The van der Waals surface area contributed by atoms with Gasteiger partial charge in [0.05, 0.1) is 12.1 Å². The van der Waals surface area contributed by atoms with Gasteiger partial charge in [-0.15, -0.1) is 0 Å². The molecule has 0 aliphatic carbocycles. The lowest BCUT2D eigenvalue weighted by Crippen LogP contribution is -2.59. The van der Waals surface area contributed by atoms with Crippen LogP contribution in [-0.4, -0.2) is 116 Å². The van der Waals surface area contributed by atoms with Crippen LogP contribution in [0.25, 0.3) is 10.9 Å². The van der Waals surface area contributed by atoms with Crippen LogP contribution in [0.2, 0.25) is 0 Å². The van der Waals surface area contributed by atoms with Crippen molar-refractivity contribution in [2.75, 3.05) is 39.3 Å². The van der Waals surface area contributed by atoms with Gasteiger partial charge in [-0.3, -0.25) is 14.5 Å². The Balaban J connectivity index is 1.16. The monoisotopic (exact) mass is 678 g/mol. The van der Waals surface area contributed by atoms with Crippen LogP contribution in [-0.2, 0) is 27.3 Å². The van der Waals surface area contributed by atoms with Gasteiger partial charge in [0, 0.05) is 62.8 Å². The molecule has 2 saturated heterocycles. The van der Waals surface area contributed by atoms with Crippen molar-refractivity contribution in [1.82, 2.24) is 19.7 Å². The summed E-state index contributed by atoms with van der Waals surface area (Å²) in [4.78, 5) is 30.3. The van der Waals surface area contributed by atoms with E-state index in [1.54, 1.807) is 13.8 Å². The number of ether oxygens (including phenoxy) is 1. The quantitative estimate of drug-likeness (QED) is 0.197. The fourth-order valence-electron chi connectivity index (χ4n) is 7.26. The Morgan fingerprint density at radius 1 is 0.959 bits per heavy atom. The molecule has 5 N–H and O–H groups in total. The molecule has 5 atom stereocenters. The number of hydrogen-bond donors (Lipinski definition) is 5. The molecule has 11 nitrogen and oxygen atoms in total. The lowest BCUT2D eigenvalue weighted by molar-refractivity contribution is -0.231. The predicted octanol–water partition coefficient (Wildman–Crippen LogP) is 2.53. The van der Waals surface area contributed by atoms with Gasteiger partial charge in [0.1, 0.15) is 36.1 Å². The molecule has 0 saturated carbocycles. The maximum atomic E-state index is 13.2. The summed E-state index contributed by atoms with van der Waals surface area (Å²) in [6, 6.07) is 14.2. The second-order valence-corrected chi connectivity index (χ2v) is 14.8. The van der Waals surface area contributed by atoms with Crippen LogP contribution in [0.1, 0.15) is 68.9 Å². The summed E-state index contributed by atoms with van der Waals surface area (Å²) in [6.45, 7) is 14.2. The first-order chi connectivity index (χ1) is 23.3. The molecule has 2 amide bonds. The van der Waals surface area contributed by atoms with Gasteiger partial charge >= 0.3 is 0 Å². The zero-order valence-corrected chi connectivity index (χ0v) is 29.5. The second kappa shape index (κ2) is 15.7. The molecule has 5 rings (SSSR count). The summed E-state index contributed by atoms with van der Waals surface area (Å²) >= 11 is 0. The first-order valence-corrected chi connectivity index (χ1v) is 17.6. The molecule has 49 heavy (non-hydrogen) atoms. The molecule has 11 heteroatoms. The van der Waals surface area contributed by atoms with Gasteiger partial charge in [0.2, 0.25) is 11.8 Å². The summed E-state index contributed by atoms with van der Waals surface area (Å²) in [7, 11) is 0. The average molecular weight is 679 g/mol. The van der Waals surface area contributed by atoms with Crippen molar-refractivity contribution in [1.29, 1.82) is 0 Å². The SMILES string of the molecule is Cc1cccc2c([C@@H]3O[C@H](CO)[C@@H](O)[C@H](O)[C@H]3O)cn(Cc3ccc(CCCC(=O)NC(C)(C)C(=O)N4CCN(CC(C)C)CC4)cc3)c12. The Bertz CT molecular complexity index is 1580. The van der Waals surface area contributed by atoms with Crippen molar-refractivity contribution in [2.45, 2.75) is 96.5 Å². The van der Waals surface area contributed by atoms with E-state index in [0.717, 1.165) is 53.6 Å². The van der Waals surface area contributed by atoms with E-state index in [4.69, 9.17) is 4.74 Å². The number of aryl methyl sites for hydroxylation is 2. The van der Waals surface area contributed by atoms with Crippen molar-refractivity contribution in [2.24, 2.45) is 5.92 Å². The third-order valence-corrected chi connectivity index (χ3v) is 9.84. The molecule has 0 bridgehead atoms. The molecule has 0 unspecified atom stereocenters. The third kappa shape index (κ3) is 8.53. The number of aliphatic hydroxyl groups excluding tert-OH is 4. The molecule has 1 aromatic heterocycles. The maximum Gasteiger partial charge on any atom is 0.247 e. The number of piperazine rings is 1. The smallest absolute Gasteiger partial charge is 0.247 e. The highest BCUT2D eigenvalue weighted by molar-refractivity contribution is 5.91. The fourth-order valence-corrected chi connectivity index (χ4v) is 7.26. The lowest BCUT2D eigenvalue weighted by Gasteiger charge is -2.40. The number of carbonyl (C=O) groups excluding carboxylic acids is 2. The number of nitrogens with one attached hydrogen (secondary N) is 1. The largest absolute Gasteiger partial charge is 0.394 e. The third-order valence-electron chi connectivity index (χ3n) is 9.84. The van der Waals surface area contributed by atoms with Crippen LogP contribution in [0.4, 0.5) is 0 Å². The van der Waals surface area contributed by atoms with Gasteiger partial charge in [-0.05, 0) is 56.2 Å². The van der Waals surface area contributed by atoms with Gasteiger partial charge in [-0.2, -0.15) is 0 Å². The van der Waals surface area contributed by atoms with Crippen molar-refractivity contribution < 1.29 is 34.8 Å². The van der Waals surface area contributed by atoms with Crippen LogP contribution < -0.4 is 5.32 Å². The molecular formula is C38H54N4O7. The summed E-state index contributed by atoms with van der Waals surface area (Å²) in [5.41, 5.74) is 3.91. The van der Waals surface area contributed by atoms with E-state index in [2.05, 4.69) is 52.9 Å². The standard InChI is InChI=1S/C38H54N4O7/c1-24(2)20-40-16-18-41(19-17-40)37(48)38(4,5)39-31(44)11-7-9-26-12-14-27(15-13-26)21-42-22-29(28-10-6-8-25(3)32(28)42)36-35(47)34(46)33(45)30(23-43)49-36/h6,8,10,12-15,22,24,30,33-36,43,45-47H,7,9,11,16-21,23H2,1-5H3,(H,39,44)/t30-,33-,34+,35-,36+/m1/s1.